The van der Waals surface area contributed by atoms with Crippen LogP contribution in [-0.2, 0) is 17.5 Å². The van der Waals surface area contributed by atoms with E-state index in [1.165, 1.54) is 13.8 Å². The van der Waals surface area contributed by atoms with Crippen molar-refractivity contribution in [3.05, 3.63) is 88.8 Å². The first-order valence-electron chi connectivity index (χ1n) is 10.5. The average Bonchev–Trinajstić information content (AvgIpc) is 3.39. The zero-order valence-corrected chi connectivity index (χ0v) is 19.1. The van der Waals surface area contributed by atoms with E-state index >= 15 is 0 Å². The van der Waals surface area contributed by atoms with E-state index in [2.05, 4.69) is 10.4 Å². The second-order valence-electron chi connectivity index (χ2n) is 7.73. The zero-order valence-electron chi connectivity index (χ0n) is 18.3. The van der Waals surface area contributed by atoms with Crippen molar-refractivity contribution < 1.29 is 18.0 Å². The van der Waals surface area contributed by atoms with Crippen LogP contribution in [0, 0.1) is 6.92 Å². The first-order chi connectivity index (χ1) is 16.2. The third-order valence-electron chi connectivity index (χ3n) is 5.40. The Balaban J connectivity index is 1.59. The molecule has 0 aliphatic rings. The standard InChI is InChI=1S/C24H21ClF3N5O/c1-15-20(25)22(24(26,27)28)31-33(15)16(2)23(34)29-13-18-14-32(19-11-7-4-8-12-19)30-21(18)17-9-5-3-6-10-17/h3-12,14,16H,13H2,1-2H3,(H,29,34). The second-order valence-corrected chi connectivity index (χ2v) is 8.11. The minimum Gasteiger partial charge on any atom is -0.350 e. The van der Waals surface area contributed by atoms with Crippen LogP contribution in [0.3, 0.4) is 0 Å². The summed E-state index contributed by atoms with van der Waals surface area (Å²) in [4.78, 5) is 12.8. The average molecular weight is 488 g/mol. The van der Waals surface area contributed by atoms with Crippen molar-refractivity contribution in [2.24, 2.45) is 0 Å². The number of rotatable bonds is 6. The monoisotopic (exact) mass is 487 g/mol. The first kappa shape index (κ1) is 23.6. The topological polar surface area (TPSA) is 64.7 Å². The Hall–Kier alpha value is -3.59. The first-order valence-corrected chi connectivity index (χ1v) is 10.8. The third-order valence-corrected chi connectivity index (χ3v) is 5.86. The van der Waals surface area contributed by atoms with Crippen LogP contribution in [0.4, 0.5) is 13.2 Å². The van der Waals surface area contributed by atoms with Crippen molar-refractivity contribution in [1.29, 1.82) is 0 Å². The van der Waals surface area contributed by atoms with Crippen LogP contribution in [0.25, 0.3) is 16.9 Å². The van der Waals surface area contributed by atoms with Crippen molar-refractivity contribution in [1.82, 2.24) is 24.9 Å². The van der Waals surface area contributed by atoms with Crippen LogP contribution in [-0.4, -0.2) is 25.5 Å². The number of nitrogens with one attached hydrogen (secondary N) is 1. The maximum atomic E-state index is 13.2. The second kappa shape index (κ2) is 9.34. The lowest BCUT2D eigenvalue weighted by atomic mass is 10.1. The molecule has 0 spiro atoms. The van der Waals surface area contributed by atoms with Crippen LogP contribution >= 0.6 is 11.6 Å². The quantitative estimate of drug-likeness (QED) is 0.385. The summed E-state index contributed by atoms with van der Waals surface area (Å²) in [5, 5.41) is 10.5. The van der Waals surface area contributed by atoms with E-state index in [4.69, 9.17) is 16.7 Å². The number of nitrogens with zero attached hydrogens (tertiary/aromatic N) is 4. The number of halogens is 4. The summed E-state index contributed by atoms with van der Waals surface area (Å²) in [6, 6.07) is 18.0. The number of carbonyl (C=O) groups is 1. The van der Waals surface area contributed by atoms with Gasteiger partial charge in [-0.25, -0.2) is 4.68 Å². The summed E-state index contributed by atoms with van der Waals surface area (Å²) in [6.45, 7) is 2.99. The highest BCUT2D eigenvalue weighted by Crippen LogP contribution is 2.36. The summed E-state index contributed by atoms with van der Waals surface area (Å²) >= 11 is 5.82. The number of alkyl halides is 3. The largest absolute Gasteiger partial charge is 0.436 e. The number of carbonyl (C=O) groups excluding carboxylic acids is 1. The summed E-state index contributed by atoms with van der Waals surface area (Å²) in [5.41, 5.74) is 2.03. The molecule has 6 nitrogen and oxygen atoms in total. The molecule has 4 rings (SSSR count). The van der Waals surface area contributed by atoms with E-state index in [9.17, 15) is 18.0 Å². The molecule has 1 atom stereocenters. The van der Waals surface area contributed by atoms with Gasteiger partial charge in [0.15, 0.2) is 5.69 Å². The number of hydrogen-bond acceptors (Lipinski definition) is 3. The third kappa shape index (κ3) is 4.70. The molecule has 1 unspecified atom stereocenters. The Morgan fingerprint density at radius 3 is 2.26 bits per heavy atom. The number of benzene rings is 2. The highest BCUT2D eigenvalue weighted by Gasteiger charge is 2.39. The van der Waals surface area contributed by atoms with Crippen molar-refractivity contribution in [2.45, 2.75) is 32.6 Å². The van der Waals surface area contributed by atoms with Gasteiger partial charge < -0.3 is 5.32 Å². The Labute approximate surface area is 199 Å². The van der Waals surface area contributed by atoms with Crippen molar-refractivity contribution in [2.75, 3.05) is 0 Å². The highest BCUT2D eigenvalue weighted by atomic mass is 35.5. The summed E-state index contributed by atoms with van der Waals surface area (Å²) < 4.78 is 42.2. The van der Waals surface area contributed by atoms with Crippen molar-refractivity contribution in [3.63, 3.8) is 0 Å². The zero-order chi connectivity index (χ0) is 24.5. The summed E-state index contributed by atoms with van der Waals surface area (Å²) in [5.74, 6) is -0.498. The highest BCUT2D eigenvalue weighted by molar-refractivity contribution is 6.32. The lowest BCUT2D eigenvalue weighted by Crippen LogP contribution is -2.31. The van der Waals surface area contributed by atoms with Gasteiger partial charge in [0.05, 0.1) is 22.1 Å². The van der Waals surface area contributed by atoms with Crippen molar-refractivity contribution in [3.8, 4) is 16.9 Å². The summed E-state index contributed by atoms with van der Waals surface area (Å²) in [6.07, 6.45) is -2.89. The van der Waals surface area contributed by atoms with Gasteiger partial charge >= 0.3 is 6.18 Å². The number of amides is 1. The molecular formula is C24H21ClF3N5O. The number of hydrogen-bond donors (Lipinski definition) is 1. The van der Waals surface area contributed by atoms with Gasteiger partial charge in [-0.3, -0.25) is 9.48 Å². The molecule has 0 aliphatic carbocycles. The van der Waals surface area contributed by atoms with E-state index in [1.54, 1.807) is 4.68 Å². The van der Waals surface area contributed by atoms with E-state index in [1.807, 2.05) is 66.9 Å². The molecule has 2 heterocycles. The SMILES string of the molecule is Cc1c(Cl)c(C(F)(F)F)nn1C(C)C(=O)NCc1cn(-c2ccccc2)nc1-c1ccccc1. The Bertz CT molecular complexity index is 1300. The maximum Gasteiger partial charge on any atom is 0.436 e. The molecule has 0 bridgehead atoms. The minimum absolute atomic E-state index is 0.0681. The van der Waals surface area contributed by atoms with E-state index in [0.29, 0.717) is 5.69 Å². The predicted octanol–water partition coefficient (Wildman–Crippen LogP) is 5.59. The van der Waals surface area contributed by atoms with E-state index in [-0.39, 0.29) is 12.2 Å². The molecule has 34 heavy (non-hydrogen) atoms. The van der Waals surface area contributed by atoms with Gasteiger partial charge in [0.2, 0.25) is 5.91 Å². The Kier molecular flexibility index (Phi) is 6.47. The molecule has 10 heteroatoms. The fourth-order valence-electron chi connectivity index (χ4n) is 3.59. The van der Waals surface area contributed by atoms with E-state index in [0.717, 1.165) is 21.5 Å². The van der Waals surface area contributed by atoms with Crippen LogP contribution < -0.4 is 5.32 Å². The molecule has 2 aromatic heterocycles. The van der Waals surface area contributed by atoms with Crippen LogP contribution in [0.1, 0.15) is 29.9 Å². The van der Waals surface area contributed by atoms with Crippen LogP contribution in [0.15, 0.2) is 66.9 Å². The molecular weight excluding hydrogens is 467 g/mol. The van der Waals surface area contributed by atoms with Crippen LogP contribution in [0.2, 0.25) is 5.02 Å². The molecule has 1 N–H and O–H groups in total. The molecule has 2 aromatic carbocycles. The van der Waals surface area contributed by atoms with E-state index < -0.39 is 28.8 Å². The van der Waals surface area contributed by atoms with Gasteiger partial charge in [-0.05, 0) is 26.0 Å². The fourth-order valence-corrected chi connectivity index (χ4v) is 3.82. The molecule has 0 saturated carbocycles. The minimum atomic E-state index is -4.71. The van der Waals surface area contributed by atoms with Crippen molar-refractivity contribution >= 4 is 17.5 Å². The van der Waals surface area contributed by atoms with Gasteiger partial charge in [-0.1, -0.05) is 60.1 Å². The summed E-state index contributed by atoms with van der Waals surface area (Å²) in [7, 11) is 0. The Morgan fingerprint density at radius 2 is 1.68 bits per heavy atom. The normalized spacial score (nSPS) is 12.5. The maximum absolute atomic E-state index is 13.2. The lowest BCUT2D eigenvalue weighted by Gasteiger charge is -2.14. The molecule has 176 valence electrons. The van der Waals surface area contributed by atoms with Gasteiger partial charge in [-0.15, -0.1) is 0 Å². The van der Waals surface area contributed by atoms with Crippen LogP contribution in [0.5, 0.6) is 0 Å². The fraction of sp³-hybridized carbons (Fsp3) is 0.208. The molecule has 0 aliphatic heterocycles. The van der Waals surface area contributed by atoms with Gasteiger partial charge in [0.1, 0.15) is 6.04 Å². The molecule has 0 fully saturated rings. The smallest absolute Gasteiger partial charge is 0.350 e. The van der Waals surface area contributed by atoms with Gasteiger partial charge in [0, 0.05) is 23.9 Å². The van der Waals surface area contributed by atoms with Gasteiger partial charge in [-0.2, -0.15) is 23.4 Å². The lowest BCUT2D eigenvalue weighted by molar-refractivity contribution is -0.141. The molecule has 4 aromatic rings. The number of aromatic nitrogens is 4. The molecule has 0 saturated heterocycles. The Morgan fingerprint density at radius 1 is 1.06 bits per heavy atom. The molecule has 0 radical (unpaired) electrons. The van der Waals surface area contributed by atoms with Gasteiger partial charge in [0.25, 0.3) is 0 Å². The number of para-hydroxylation sites is 1. The molecule has 1 amide bonds. The predicted molar refractivity (Wildman–Crippen MR) is 123 cm³/mol.